The summed E-state index contributed by atoms with van der Waals surface area (Å²) in [6.07, 6.45) is 3.24. The third-order valence-corrected chi connectivity index (χ3v) is 3.48. The van der Waals surface area contributed by atoms with Gasteiger partial charge in [0.25, 0.3) is 5.91 Å². The molecule has 1 amide bonds. The van der Waals surface area contributed by atoms with Crippen molar-refractivity contribution in [3.63, 3.8) is 0 Å². The summed E-state index contributed by atoms with van der Waals surface area (Å²) in [4.78, 5) is 13.9. The van der Waals surface area contributed by atoms with Crippen molar-refractivity contribution < 1.29 is 14.3 Å². The van der Waals surface area contributed by atoms with Crippen LogP contribution >= 0.6 is 0 Å². The summed E-state index contributed by atoms with van der Waals surface area (Å²) in [6.45, 7) is 1.48. The van der Waals surface area contributed by atoms with Gasteiger partial charge >= 0.3 is 0 Å². The fourth-order valence-corrected chi connectivity index (χ4v) is 2.36. The van der Waals surface area contributed by atoms with Crippen LogP contribution in [0.25, 0.3) is 0 Å². The summed E-state index contributed by atoms with van der Waals surface area (Å²) in [7, 11) is 1.47. The van der Waals surface area contributed by atoms with Crippen LogP contribution in [0.1, 0.15) is 24.8 Å². The Labute approximate surface area is 124 Å². The van der Waals surface area contributed by atoms with Crippen molar-refractivity contribution in [2.75, 3.05) is 32.5 Å². The van der Waals surface area contributed by atoms with Crippen LogP contribution in [-0.4, -0.2) is 37.6 Å². The zero-order valence-corrected chi connectivity index (χ0v) is 12.1. The monoisotopic (exact) mass is 289 g/mol. The van der Waals surface area contributed by atoms with E-state index in [1.807, 2.05) is 6.07 Å². The lowest BCUT2D eigenvalue weighted by Crippen LogP contribution is -2.38. The lowest BCUT2D eigenvalue weighted by atomic mass is 10.1. The van der Waals surface area contributed by atoms with Gasteiger partial charge < -0.3 is 20.1 Å². The molecule has 1 saturated heterocycles. The first-order chi connectivity index (χ1) is 10.2. The van der Waals surface area contributed by atoms with Crippen LogP contribution in [0.4, 0.5) is 5.69 Å². The molecule has 0 bridgehead atoms. The van der Waals surface area contributed by atoms with Gasteiger partial charge in [-0.2, -0.15) is 5.26 Å². The second kappa shape index (κ2) is 6.84. The molecule has 0 spiro atoms. The molecule has 6 heteroatoms. The van der Waals surface area contributed by atoms with Crippen molar-refractivity contribution in [3.8, 4) is 17.6 Å². The van der Waals surface area contributed by atoms with Crippen LogP contribution in [0.5, 0.6) is 11.5 Å². The first-order valence-electron chi connectivity index (χ1n) is 6.94. The molecule has 1 aromatic carbocycles. The minimum atomic E-state index is -0.0769. The van der Waals surface area contributed by atoms with Crippen LogP contribution in [-0.2, 0) is 4.79 Å². The molecule has 1 aliphatic heterocycles. The standard InChI is InChI=1S/C15H19N3O3/c1-20-13-8-11(9-16)7-12(17)15(13)21-10-14(19)18-5-3-2-4-6-18/h7-8H,2-6,10,17H2,1H3. The van der Waals surface area contributed by atoms with E-state index in [1.54, 1.807) is 4.90 Å². The summed E-state index contributed by atoms with van der Waals surface area (Å²) in [5.41, 5.74) is 6.53. The highest BCUT2D eigenvalue weighted by Gasteiger charge is 2.19. The molecule has 21 heavy (non-hydrogen) atoms. The molecule has 2 N–H and O–H groups in total. The van der Waals surface area contributed by atoms with Crippen molar-refractivity contribution >= 4 is 11.6 Å². The lowest BCUT2D eigenvalue weighted by molar-refractivity contribution is -0.134. The van der Waals surface area contributed by atoms with Crippen molar-refractivity contribution in [2.45, 2.75) is 19.3 Å². The maximum atomic E-state index is 12.1. The Morgan fingerprint density at radius 1 is 1.38 bits per heavy atom. The highest BCUT2D eigenvalue weighted by molar-refractivity contribution is 5.78. The van der Waals surface area contributed by atoms with Crippen LogP contribution in [0.3, 0.4) is 0 Å². The van der Waals surface area contributed by atoms with E-state index in [2.05, 4.69) is 0 Å². The van der Waals surface area contributed by atoms with Crippen molar-refractivity contribution in [1.82, 2.24) is 4.90 Å². The van der Waals surface area contributed by atoms with E-state index >= 15 is 0 Å². The van der Waals surface area contributed by atoms with Gasteiger partial charge in [0.15, 0.2) is 18.1 Å². The normalized spacial score (nSPS) is 14.4. The molecule has 1 fully saturated rings. The zero-order valence-electron chi connectivity index (χ0n) is 12.1. The van der Waals surface area contributed by atoms with Crippen molar-refractivity contribution in [1.29, 1.82) is 5.26 Å². The van der Waals surface area contributed by atoms with Crippen LogP contribution in [0.2, 0.25) is 0 Å². The van der Waals surface area contributed by atoms with E-state index in [0.717, 1.165) is 25.9 Å². The van der Waals surface area contributed by atoms with Crippen molar-refractivity contribution in [2.24, 2.45) is 0 Å². The van der Waals surface area contributed by atoms with Gasteiger partial charge in [-0.15, -0.1) is 0 Å². The number of piperidine rings is 1. The quantitative estimate of drug-likeness (QED) is 0.849. The molecule has 0 aliphatic carbocycles. The summed E-state index contributed by atoms with van der Waals surface area (Å²) in [5, 5.41) is 8.90. The SMILES string of the molecule is COc1cc(C#N)cc(N)c1OCC(=O)N1CCCCC1. The Kier molecular flexibility index (Phi) is 4.88. The minimum Gasteiger partial charge on any atom is -0.493 e. The summed E-state index contributed by atoms with van der Waals surface area (Å²) in [6, 6.07) is 5.04. The van der Waals surface area contributed by atoms with Gasteiger partial charge in [-0.1, -0.05) is 0 Å². The summed E-state index contributed by atoms with van der Waals surface area (Å²) < 4.78 is 10.7. The molecule has 0 radical (unpaired) electrons. The Morgan fingerprint density at radius 2 is 2.10 bits per heavy atom. The molecule has 1 aromatic rings. The Bertz CT molecular complexity index is 560. The molecule has 1 aliphatic rings. The number of nitrogens with zero attached hydrogens (tertiary/aromatic N) is 2. The average molecular weight is 289 g/mol. The van der Waals surface area contributed by atoms with E-state index in [0.29, 0.717) is 17.1 Å². The Hall–Kier alpha value is -2.42. The summed E-state index contributed by atoms with van der Waals surface area (Å²) >= 11 is 0. The van der Waals surface area contributed by atoms with Gasteiger partial charge in [0.2, 0.25) is 0 Å². The predicted octanol–water partition coefficient (Wildman–Crippen LogP) is 1.54. The smallest absolute Gasteiger partial charge is 0.260 e. The maximum Gasteiger partial charge on any atom is 0.260 e. The van der Waals surface area contributed by atoms with Crippen LogP contribution < -0.4 is 15.2 Å². The highest BCUT2D eigenvalue weighted by Crippen LogP contribution is 2.34. The third kappa shape index (κ3) is 3.57. The van der Waals surface area contributed by atoms with Crippen LogP contribution in [0, 0.1) is 11.3 Å². The van der Waals surface area contributed by atoms with Crippen molar-refractivity contribution in [3.05, 3.63) is 17.7 Å². The molecule has 0 saturated carbocycles. The molecule has 112 valence electrons. The first-order valence-corrected chi connectivity index (χ1v) is 6.94. The van der Waals surface area contributed by atoms with Gasteiger partial charge in [0.05, 0.1) is 24.4 Å². The highest BCUT2D eigenvalue weighted by atomic mass is 16.5. The number of rotatable bonds is 4. The molecule has 2 rings (SSSR count). The number of benzene rings is 1. The van der Waals surface area contributed by atoms with Crippen LogP contribution in [0.15, 0.2) is 12.1 Å². The van der Waals surface area contributed by atoms with Gasteiger partial charge in [-0.25, -0.2) is 0 Å². The third-order valence-electron chi connectivity index (χ3n) is 3.48. The molecule has 1 heterocycles. The molecular formula is C15H19N3O3. The number of anilines is 1. The fourth-order valence-electron chi connectivity index (χ4n) is 2.36. The number of carbonyl (C=O) groups excluding carboxylic acids is 1. The average Bonchev–Trinajstić information content (AvgIpc) is 2.53. The number of hydrogen-bond donors (Lipinski definition) is 1. The van der Waals surface area contributed by atoms with Gasteiger partial charge in [0, 0.05) is 19.2 Å². The van der Waals surface area contributed by atoms with E-state index in [9.17, 15) is 4.79 Å². The lowest BCUT2D eigenvalue weighted by Gasteiger charge is -2.26. The second-order valence-electron chi connectivity index (χ2n) is 4.94. The Balaban J connectivity index is 2.05. The minimum absolute atomic E-state index is 0.0551. The number of nitrogens with two attached hydrogens (primary N) is 1. The van der Waals surface area contributed by atoms with E-state index in [4.69, 9.17) is 20.5 Å². The number of nitrogen functional groups attached to an aromatic ring is 1. The molecule has 6 nitrogen and oxygen atoms in total. The van der Waals surface area contributed by atoms with Gasteiger partial charge in [0.1, 0.15) is 0 Å². The number of hydrogen-bond acceptors (Lipinski definition) is 5. The fraction of sp³-hybridized carbons (Fsp3) is 0.467. The number of ether oxygens (including phenoxy) is 2. The molecule has 0 atom stereocenters. The number of methoxy groups -OCH3 is 1. The summed E-state index contributed by atoms with van der Waals surface area (Å²) in [5.74, 6) is 0.611. The van der Waals surface area contributed by atoms with E-state index in [1.165, 1.54) is 25.7 Å². The second-order valence-corrected chi connectivity index (χ2v) is 4.94. The largest absolute Gasteiger partial charge is 0.493 e. The predicted molar refractivity (Wildman–Crippen MR) is 78.0 cm³/mol. The zero-order chi connectivity index (χ0) is 15.2. The van der Waals surface area contributed by atoms with E-state index in [-0.39, 0.29) is 18.2 Å². The maximum absolute atomic E-state index is 12.1. The number of carbonyl (C=O) groups is 1. The number of likely N-dealkylation sites (tertiary alicyclic amines) is 1. The van der Waals surface area contributed by atoms with Gasteiger partial charge in [-0.05, 0) is 25.3 Å². The number of amides is 1. The Morgan fingerprint density at radius 3 is 2.71 bits per heavy atom. The number of nitriles is 1. The van der Waals surface area contributed by atoms with Gasteiger partial charge in [-0.3, -0.25) is 4.79 Å². The molecule has 0 aromatic heterocycles. The molecule has 0 unspecified atom stereocenters. The first kappa shape index (κ1) is 15.0. The topological polar surface area (TPSA) is 88.6 Å². The molecular weight excluding hydrogens is 270 g/mol. The van der Waals surface area contributed by atoms with E-state index < -0.39 is 0 Å².